The normalized spacial score (nSPS) is 13.4. The van der Waals surface area contributed by atoms with Gasteiger partial charge in [-0.3, -0.25) is 0 Å². The Hall–Kier alpha value is -1.07. The smallest absolute Gasteiger partial charge is 0.240 e. The summed E-state index contributed by atoms with van der Waals surface area (Å²) in [7, 11) is -1.93. The zero-order valence-electron chi connectivity index (χ0n) is 12.8. The van der Waals surface area contributed by atoms with Crippen molar-refractivity contribution in [2.75, 3.05) is 12.4 Å². The summed E-state index contributed by atoms with van der Waals surface area (Å²) in [6.07, 6.45) is 3.57. The van der Waals surface area contributed by atoms with Gasteiger partial charge >= 0.3 is 0 Å². The first-order valence-electron chi connectivity index (χ1n) is 7.15. The lowest BCUT2D eigenvalue weighted by Crippen LogP contribution is -2.19. The Balaban J connectivity index is 2.53. The van der Waals surface area contributed by atoms with Crippen molar-refractivity contribution in [2.24, 2.45) is 5.92 Å². The highest BCUT2D eigenvalue weighted by atomic mass is 32.2. The van der Waals surface area contributed by atoms with E-state index in [9.17, 15) is 8.42 Å². The van der Waals surface area contributed by atoms with E-state index in [1.54, 1.807) is 12.1 Å². The maximum atomic E-state index is 11.6. The molecule has 0 fully saturated rings. The van der Waals surface area contributed by atoms with Gasteiger partial charge in [0.25, 0.3) is 0 Å². The standard InChI is InChI=1S/C15H26N2O2S/c1-12(2)6-5-7-13(3)17-14-8-10-15(11-9-14)20(18,19)16-4/h8-13,16-17H,5-7H2,1-4H3. The summed E-state index contributed by atoms with van der Waals surface area (Å²) >= 11 is 0. The summed E-state index contributed by atoms with van der Waals surface area (Å²) in [5.41, 5.74) is 0.956. The van der Waals surface area contributed by atoms with Gasteiger partial charge in [0, 0.05) is 11.7 Å². The van der Waals surface area contributed by atoms with Crippen molar-refractivity contribution in [3.63, 3.8) is 0 Å². The largest absolute Gasteiger partial charge is 0.383 e. The minimum atomic E-state index is -3.34. The summed E-state index contributed by atoms with van der Waals surface area (Å²) in [6.45, 7) is 6.62. The van der Waals surface area contributed by atoms with Gasteiger partial charge in [0.15, 0.2) is 0 Å². The molecule has 1 atom stereocenters. The molecule has 0 saturated heterocycles. The van der Waals surface area contributed by atoms with E-state index in [0.717, 1.165) is 18.0 Å². The molecule has 0 aliphatic heterocycles. The predicted octanol–water partition coefficient (Wildman–Crippen LogP) is 3.22. The van der Waals surface area contributed by atoms with Crippen LogP contribution in [0.25, 0.3) is 0 Å². The van der Waals surface area contributed by atoms with Crippen LogP contribution in [0.5, 0.6) is 0 Å². The molecule has 1 rings (SSSR count). The number of hydrogen-bond acceptors (Lipinski definition) is 3. The third-order valence-electron chi connectivity index (χ3n) is 3.27. The van der Waals surface area contributed by atoms with Crippen LogP contribution in [0.1, 0.15) is 40.0 Å². The molecule has 0 aliphatic carbocycles. The van der Waals surface area contributed by atoms with Crippen LogP contribution in [0.2, 0.25) is 0 Å². The summed E-state index contributed by atoms with van der Waals surface area (Å²) < 4.78 is 25.5. The maximum Gasteiger partial charge on any atom is 0.240 e. The predicted molar refractivity (Wildman–Crippen MR) is 84.5 cm³/mol. The maximum absolute atomic E-state index is 11.6. The summed E-state index contributed by atoms with van der Waals surface area (Å²) in [5, 5.41) is 3.40. The minimum absolute atomic E-state index is 0.290. The monoisotopic (exact) mass is 298 g/mol. The van der Waals surface area contributed by atoms with Crippen LogP contribution in [0.15, 0.2) is 29.2 Å². The Labute approximate surface area is 123 Å². The van der Waals surface area contributed by atoms with E-state index < -0.39 is 10.0 Å². The SMILES string of the molecule is CNS(=O)(=O)c1ccc(NC(C)CCCC(C)C)cc1. The van der Waals surface area contributed by atoms with E-state index in [-0.39, 0.29) is 4.90 Å². The van der Waals surface area contributed by atoms with E-state index in [1.165, 1.54) is 19.9 Å². The van der Waals surface area contributed by atoms with E-state index in [0.29, 0.717) is 6.04 Å². The highest BCUT2D eigenvalue weighted by Crippen LogP contribution is 2.16. The Morgan fingerprint density at radius 3 is 2.15 bits per heavy atom. The Morgan fingerprint density at radius 2 is 1.65 bits per heavy atom. The van der Waals surface area contributed by atoms with Crippen molar-refractivity contribution in [1.29, 1.82) is 0 Å². The molecular weight excluding hydrogens is 272 g/mol. The van der Waals surface area contributed by atoms with E-state index in [2.05, 4.69) is 30.8 Å². The van der Waals surface area contributed by atoms with Gasteiger partial charge in [-0.05, 0) is 50.6 Å². The number of hydrogen-bond donors (Lipinski definition) is 2. The Bertz CT molecular complexity index is 495. The number of benzene rings is 1. The summed E-state index contributed by atoms with van der Waals surface area (Å²) in [6, 6.07) is 7.25. The topological polar surface area (TPSA) is 58.2 Å². The van der Waals surface area contributed by atoms with Gasteiger partial charge in [-0.2, -0.15) is 0 Å². The summed E-state index contributed by atoms with van der Waals surface area (Å²) in [5.74, 6) is 0.744. The molecule has 20 heavy (non-hydrogen) atoms. The number of anilines is 1. The van der Waals surface area contributed by atoms with Crippen LogP contribution in [0, 0.1) is 5.92 Å². The quantitative estimate of drug-likeness (QED) is 0.774. The molecule has 0 amide bonds. The molecule has 5 heteroatoms. The second-order valence-corrected chi connectivity index (χ2v) is 7.49. The molecule has 0 saturated carbocycles. The number of sulfonamides is 1. The van der Waals surface area contributed by atoms with Crippen LogP contribution >= 0.6 is 0 Å². The average molecular weight is 298 g/mol. The molecular formula is C15H26N2O2S. The van der Waals surface area contributed by atoms with Crippen LogP contribution in [-0.4, -0.2) is 21.5 Å². The van der Waals surface area contributed by atoms with Gasteiger partial charge in [0.05, 0.1) is 4.90 Å². The molecule has 0 bridgehead atoms. The van der Waals surface area contributed by atoms with Gasteiger partial charge in [-0.1, -0.05) is 26.7 Å². The van der Waals surface area contributed by atoms with Crippen molar-refractivity contribution >= 4 is 15.7 Å². The first-order chi connectivity index (χ1) is 9.35. The van der Waals surface area contributed by atoms with Crippen LogP contribution in [-0.2, 0) is 10.0 Å². The van der Waals surface area contributed by atoms with Crippen molar-refractivity contribution in [3.8, 4) is 0 Å². The molecule has 0 spiro atoms. The fourth-order valence-electron chi connectivity index (χ4n) is 2.04. The van der Waals surface area contributed by atoms with Gasteiger partial charge in [-0.15, -0.1) is 0 Å². The highest BCUT2D eigenvalue weighted by molar-refractivity contribution is 7.89. The first kappa shape index (κ1) is 17.0. The first-order valence-corrected chi connectivity index (χ1v) is 8.63. The fourth-order valence-corrected chi connectivity index (χ4v) is 2.77. The van der Waals surface area contributed by atoms with Crippen LogP contribution < -0.4 is 10.0 Å². The fraction of sp³-hybridized carbons (Fsp3) is 0.600. The second-order valence-electron chi connectivity index (χ2n) is 5.60. The second kappa shape index (κ2) is 7.64. The minimum Gasteiger partial charge on any atom is -0.383 e. The highest BCUT2D eigenvalue weighted by Gasteiger charge is 2.10. The average Bonchev–Trinajstić information content (AvgIpc) is 2.39. The van der Waals surface area contributed by atoms with Crippen molar-refractivity contribution in [1.82, 2.24) is 4.72 Å². The molecule has 4 nitrogen and oxygen atoms in total. The molecule has 114 valence electrons. The van der Waals surface area contributed by atoms with Gasteiger partial charge in [0.2, 0.25) is 10.0 Å². The van der Waals surface area contributed by atoms with Crippen molar-refractivity contribution in [2.45, 2.75) is 51.0 Å². The number of rotatable bonds is 8. The van der Waals surface area contributed by atoms with Gasteiger partial charge in [-0.25, -0.2) is 13.1 Å². The van der Waals surface area contributed by atoms with Crippen LogP contribution in [0.4, 0.5) is 5.69 Å². The van der Waals surface area contributed by atoms with Gasteiger partial charge < -0.3 is 5.32 Å². The third-order valence-corrected chi connectivity index (χ3v) is 4.70. The molecule has 2 N–H and O–H groups in total. The molecule has 1 unspecified atom stereocenters. The molecule has 1 aromatic carbocycles. The lowest BCUT2D eigenvalue weighted by atomic mass is 10.0. The lowest BCUT2D eigenvalue weighted by molar-refractivity contribution is 0.520. The van der Waals surface area contributed by atoms with E-state index in [1.807, 2.05) is 12.1 Å². The lowest BCUT2D eigenvalue weighted by Gasteiger charge is -2.16. The molecule has 1 aromatic rings. The van der Waals surface area contributed by atoms with E-state index >= 15 is 0 Å². The van der Waals surface area contributed by atoms with Gasteiger partial charge in [0.1, 0.15) is 0 Å². The van der Waals surface area contributed by atoms with Crippen LogP contribution in [0.3, 0.4) is 0 Å². The third kappa shape index (κ3) is 5.51. The van der Waals surface area contributed by atoms with E-state index in [4.69, 9.17) is 0 Å². The molecule has 0 radical (unpaired) electrons. The summed E-state index contributed by atoms with van der Waals surface area (Å²) in [4.78, 5) is 0.290. The van der Waals surface area contributed by atoms with Crippen molar-refractivity contribution in [3.05, 3.63) is 24.3 Å². The molecule has 0 heterocycles. The molecule has 0 aliphatic rings. The Morgan fingerprint density at radius 1 is 1.05 bits per heavy atom. The zero-order valence-corrected chi connectivity index (χ0v) is 13.6. The van der Waals surface area contributed by atoms with Crippen molar-refractivity contribution < 1.29 is 8.42 Å². The molecule has 0 aromatic heterocycles. The number of nitrogens with one attached hydrogen (secondary N) is 2. The Kier molecular flexibility index (Phi) is 6.49. The zero-order chi connectivity index (χ0) is 15.2.